The topological polar surface area (TPSA) is 437 Å². The van der Waals surface area contributed by atoms with E-state index in [1.54, 1.807) is 20.1 Å². The Morgan fingerprint density at radius 3 is 1.34 bits per heavy atom. The van der Waals surface area contributed by atoms with Gasteiger partial charge in [-0.3, -0.25) is 52.7 Å². The second kappa shape index (κ2) is 38.5. The maximum Gasteiger partial charge on any atom is 0.309 e. The van der Waals surface area contributed by atoms with Crippen molar-refractivity contribution in [1.29, 1.82) is 0 Å². The molecule has 0 aliphatic carbocycles. The van der Waals surface area contributed by atoms with Crippen LogP contribution in [0.5, 0.6) is 0 Å². The zero-order valence-corrected chi connectivity index (χ0v) is 44.5. The summed E-state index contributed by atoms with van der Waals surface area (Å²) in [5, 5.41) is 46.4. The highest BCUT2D eigenvalue weighted by Gasteiger charge is 2.36. The molecule has 8 amide bonds. The van der Waals surface area contributed by atoms with Crippen molar-refractivity contribution in [3.63, 3.8) is 0 Å². The summed E-state index contributed by atoms with van der Waals surface area (Å²) in [4.78, 5) is 144. The van der Waals surface area contributed by atoms with Crippen LogP contribution in [-0.4, -0.2) is 172 Å². The molecule has 418 valence electrons. The molecule has 0 fully saturated rings. The normalized spacial score (nSPS) is 14.9. The van der Waals surface area contributed by atoms with Crippen molar-refractivity contribution in [3.8, 4) is 0 Å². The Kier molecular flexibility index (Phi) is 35.8. The summed E-state index contributed by atoms with van der Waals surface area (Å²) in [5.41, 5.74) is 22.9. The second-order valence-electron chi connectivity index (χ2n) is 18.0. The summed E-state index contributed by atoms with van der Waals surface area (Å²) < 4.78 is 0. The molecule has 0 aromatic carbocycles. The number of thioether (sulfide) groups is 2. The number of nitrogens with one attached hydrogen (secondary N) is 7. The van der Waals surface area contributed by atoms with Gasteiger partial charge < -0.3 is 75.5 Å². The van der Waals surface area contributed by atoms with E-state index in [0.717, 1.165) is 0 Å². The fourth-order valence-electron chi connectivity index (χ4n) is 7.09. The highest BCUT2D eigenvalue weighted by Crippen LogP contribution is 2.13. The van der Waals surface area contributed by atoms with Crippen LogP contribution in [-0.2, 0) is 52.7 Å². The minimum atomic E-state index is -1.70. The van der Waals surface area contributed by atoms with Gasteiger partial charge in [-0.1, -0.05) is 33.6 Å². The lowest BCUT2D eigenvalue weighted by molar-refractivity contribution is -0.146. The molecule has 25 nitrogen and oxygen atoms in total. The number of aliphatic hydroxyl groups excluding tert-OH is 1. The van der Waals surface area contributed by atoms with Crippen LogP contribution in [0.1, 0.15) is 117 Å². The summed E-state index contributed by atoms with van der Waals surface area (Å²) in [6, 6.07) is -10.4. The van der Waals surface area contributed by atoms with E-state index in [4.69, 9.17) is 22.9 Å². The number of amides is 8. The first-order chi connectivity index (χ1) is 34.5. The number of aliphatic carboxylic acids is 2. The SMILES string of the molecule is CCCCC(NC(=O)C(NC(=O)C(CCCCN)NC(=O)C(CCCCN)NC(=O)C(CCSC)NC(=O)C(CCC(N)=O)NC(=O)C(N)CCSC)C(C)C)C(=O)NC(CC(=O)O)C(=O)CC(CO)C(=O)O. The average Bonchev–Trinajstić information content (AvgIpc) is 3.33. The number of carboxylic acid groups (broad SMARTS) is 2. The Morgan fingerprint density at radius 1 is 0.521 bits per heavy atom. The van der Waals surface area contributed by atoms with Gasteiger partial charge >= 0.3 is 11.9 Å². The second-order valence-corrected chi connectivity index (χ2v) is 19.9. The molecule has 9 atom stereocenters. The van der Waals surface area contributed by atoms with E-state index >= 15 is 0 Å². The van der Waals surface area contributed by atoms with Gasteiger partial charge in [-0.2, -0.15) is 23.5 Å². The molecule has 9 unspecified atom stereocenters. The van der Waals surface area contributed by atoms with Crippen molar-refractivity contribution < 1.29 is 68.1 Å². The van der Waals surface area contributed by atoms with E-state index in [1.165, 1.54) is 23.5 Å². The molecule has 0 saturated carbocycles. The molecule has 0 bridgehead atoms. The lowest BCUT2D eigenvalue weighted by Gasteiger charge is -2.29. The molecule has 73 heavy (non-hydrogen) atoms. The van der Waals surface area contributed by atoms with Crippen molar-refractivity contribution in [3.05, 3.63) is 0 Å². The Bertz CT molecular complexity index is 1800. The molecule has 0 aliphatic heterocycles. The third kappa shape index (κ3) is 28.2. The maximum absolute atomic E-state index is 14.2. The lowest BCUT2D eigenvalue weighted by atomic mass is 9.96. The van der Waals surface area contributed by atoms with Crippen molar-refractivity contribution in [2.45, 2.75) is 165 Å². The van der Waals surface area contributed by atoms with E-state index in [-0.39, 0.29) is 51.6 Å². The smallest absolute Gasteiger partial charge is 0.309 e. The van der Waals surface area contributed by atoms with Gasteiger partial charge in [-0.05, 0) is 107 Å². The van der Waals surface area contributed by atoms with Crippen molar-refractivity contribution in [2.75, 3.05) is 43.7 Å². The molecule has 0 aliphatic rings. The monoisotopic (exact) mass is 1080 g/mol. The highest BCUT2D eigenvalue weighted by atomic mass is 32.2. The first kappa shape index (κ1) is 67.9. The third-order valence-corrected chi connectivity index (χ3v) is 12.8. The van der Waals surface area contributed by atoms with Crippen LogP contribution in [0.2, 0.25) is 0 Å². The zero-order valence-electron chi connectivity index (χ0n) is 42.9. The van der Waals surface area contributed by atoms with Crippen LogP contribution in [0.3, 0.4) is 0 Å². The summed E-state index contributed by atoms with van der Waals surface area (Å²) in [5.74, 6) is -11.5. The number of primary amides is 1. The number of hydrogen-bond donors (Lipinski definition) is 14. The fraction of sp³-hybridized carbons (Fsp3) is 0.761. The number of carboxylic acids is 2. The predicted octanol–water partition coefficient (Wildman–Crippen LogP) is -2.29. The van der Waals surface area contributed by atoms with E-state index in [1.807, 2.05) is 13.2 Å². The van der Waals surface area contributed by atoms with Gasteiger partial charge in [0.05, 0.1) is 31.0 Å². The number of carbonyl (C=O) groups is 11. The first-order valence-electron chi connectivity index (χ1n) is 24.6. The molecule has 18 N–H and O–H groups in total. The van der Waals surface area contributed by atoms with Crippen molar-refractivity contribution in [2.24, 2.45) is 34.8 Å². The van der Waals surface area contributed by atoms with E-state index in [0.29, 0.717) is 56.5 Å². The molecular formula is C46H83N11O14S2. The number of carbonyl (C=O) groups excluding carboxylic acids is 9. The number of nitrogens with two attached hydrogens (primary N) is 4. The Morgan fingerprint density at radius 2 is 0.932 bits per heavy atom. The van der Waals surface area contributed by atoms with Gasteiger partial charge in [-0.25, -0.2) is 0 Å². The minimum Gasteiger partial charge on any atom is -0.481 e. The van der Waals surface area contributed by atoms with E-state index < -0.39 is 145 Å². The van der Waals surface area contributed by atoms with Gasteiger partial charge in [0, 0.05) is 12.8 Å². The van der Waals surface area contributed by atoms with E-state index in [9.17, 15) is 68.1 Å². The Balaban J connectivity index is 6.68. The molecule has 0 spiro atoms. The van der Waals surface area contributed by atoms with Crippen LogP contribution >= 0.6 is 23.5 Å². The number of aliphatic hydroxyl groups is 1. The van der Waals surface area contributed by atoms with Crippen molar-refractivity contribution >= 4 is 88.5 Å². The summed E-state index contributed by atoms with van der Waals surface area (Å²) in [6.07, 6.45) is 4.52. The van der Waals surface area contributed by atoms with Gasteiger partial charge in [0.25, 0.3) is 0 Å². The number of hydrogen-bond acceptors (Lipinski definition) is 17. The van der Waals surface area contributed by atoms with Crippen LogP contribution in [0.4, 0.5) is 0 Å². The minimum absolute atomic E-state index is 0.0195. The number of Topliss-reactive ketones (excluding diaryl/α,β-unsaturated/α-hetero) is 1. The molecule has 27 heteroatoms. The van der Waals surface area contributed by atoms with E-state index in [2.05, 4.69) is 37.2 Å². The number of ketones is 1. The third-order valence-electron chi connectivity index (χ3n) is 11.5. The quantitative estimate of drug-likeness (QED) is 0.0286. The standard InChI is InChI=1S/C46H83N11O14S2/c1-6-7-12-29(41(65)56-34(24-37(61)62)35(59)23-27(25-58)46(70)71)55-45(69)38(26(2)3)57-44(68)31(14-9-11-20-48)53-40(64)30(13-8-10-19-47)52-43(67)33(18-22-73-5)54-42(66)32(15-16-36(50)60)51-39(63)28(49)17-21-72-4/h26-34,38,58H,6-25,47-49H2,1-5H3,(H2,50,60)(H,51,63)(H,52,67)(H,53,64)(H,54,66)(H,55,69)(H,56,65)(H,57,68)(H,61,62)(H,70,71). The number of unbranched alkanes of at least 4 members (excludes halogenated alkanes) is 3. The molecule has 0 rings (SSSR count). The van der Waals surface area contributed by atoms with Gasteiger partial charge in [0.1, 0.15) is 36.3 Å². The highest BCUT2D eigenvalue weighted by molar-refractivity contribution is 7.98. The molecule has 0 radical (unpaired) electrons. The van der Waals surface area contributed by atoms with Gasteiger partial charge in [0.15, 0.2) is 5.78 Å². The average molecular weight is 1080 g/mol. The largest absolute Gasteiger partial charge is 0.481 e. The van der Waals surface area contributed by atoms with Crippen LogP contribution in [0.15, 0.2) is 0 Å². The van der Waals surface area contributed by atoms with Crippen LogP contribution in [0.25, 0.3) is 0 Å². The van der Waals surface area contributed by atoms with Crippen LogP contribution < -0.4 is 60.2 Å². The Labute approximate surface area is 436 Å². The summed E-state index contributed by atoms with van der Waals surface area (Å²) in [7, 11) is 0. The zero-order chi connectivity index (χ0) is 55.6. The maximum atomic E-state index is 14.2. The molecule has 0 aromatic rings. The lowest BCUT2D eigenvalue weighted by Crippen LogP contribution is -2.61. The fourth-order valence-corrected chi connectivity index (χ4v) is 8.05. The number of rotatable bonds is 42. The van der Waals surface area contributed by atoms with Crippen molar-refractivity contribution in [1.82, 2.24) is 37.2 Å². The predicted molar refractivity (Wildman–Crippen MR) is 276 cm³/mol. The molecule has 0 heterocycles. The first-order valence-corrected chi connectivity index (χ1v) is 27.4. The van der Waals surface area contributed by atoms with Crippen LogP contribution in [0, 0.1) is 11.8 Å². The molecule has 0 saturated heterocycles. The molecule has 0 aromatic heterocycles. The Hall–Kier alpha value is -5.09. The summed E-state index contributed by atoms with van der Waals surface area (Å²) in [6.45, 7) is 4.62. The molecular weight excluding hydrogens is 995 g/mol. The summed E-state index contributed by atoms with van der Waals surface area (Å²) >= 11 is 2.85. The van der Waals surface area contributed by atoms with Gasteiger partial charge in [-0.15, -0.1) is 0 Å². The van der Waals surface area contributed by atoms with Gasteiger partial charge in [0.2, 0.25) is 47.3 Å².